The van der Waals surface area contributed by atoms with Gasteiger partial charge in [0.15, 0.2) is 0 Å². The van der Waals surface area contributed by atoms with Gasteiger partial charge in [-0.1, -0.05) is 0 Å². The fourth-order valence-electron chi connectivity index (χ4n) is 2.26. The first-order valence-electron chi connectivity index (χ1n) is 6.17. The maximum Gasteiger partial charge on any atom is 0.0533 e. The van der Waals surface area contributed by atoms with Crippen LogP contribution in [-0.4, -0.2) is 28.2 Å². The molecule has 0 saturated heterocycles. The van der Waals surface area contributed by atoms with Crippen molar-refractivity contribution < 1.29 is 0 Å². The van der Waals surface area contributed by atoms with Crippen LogP contribution in [0.2, 0.25) is 0 Å². The van der Waals surface area contributed by atoms with E-state index in [0.29, 0.717) is 5.38 Å². The number of nitrogens with zero attached hydrogens (tertiary/aromatic N) is 2. The van der Waals surface area contributed by atoms with Crippen LogP contribution >= 0.6 is 11.6 Å². The molecule has 0 aromatic carbocycles. The molecule has 1 saturated carbocycles. The molecule has 1 fully saturated rings. The van der Waals surface area contributed by atoms with Crippen LogP contribution in [0.25, 0.3) is 0 Å². The second kappa shape index (κ2) is 6.26. The molecule has 0 radical (unpaired) electrons. The van der Waals surface area contributed by atoms with E-state index in [0.717, 1.165) is 25.6 Å². The maximum atomic E-state index is 6.08. The van der Waals surface area contributed by atoms with Gasteiger partial charge in [-0.15, -0.1) is 11.6 Å². The van der Waals surface area contributed by atoms with E-state index in [-0.39, 0.29) is 0 Å². The predicted molar refractivity (Wildman–Crippen MR) is 66.7 cm³/mol. The van der Waals surface area contributed by atoms with E-state index in [4.69, 9.17) is 11.6 Å². The Hall–Kier alpha value is -0.540. The standard InChI is InChI=1S/C12H20ClN3/c13-12-4-2-11(3-5-12)10-14-7-9-16-8-1-6-15-16/h1,6,8,11-12,14H,2-5,7,9-10H2. The number of nitrogens with one attached hydrogen (secondary N) is 1. The minimum absolute atomic E-state index is 0.431. The first-order chi connectivity index (χ1) is 7.84. The van der Waals surface area contributed by atoms with Crippen molar-refractivity contribution in [2.45, 2.75) is 37.6 Å². The van der Waals surface area contributed by atoms with Gasteiger partial charge in [-0.05, 0) is 44.2 Å². The molecule has 0 bridgehead atoms. The molecule has 1 aliphatic carbocycles. The lowest BCUT2D eigenvalue weighted by molar-refractivity contribution is 0.343. The largest absolute Gasteiger partial charge is 0.315 e. The highest BCUT2D eigenvalue weighted by molar-refractivity contribution is 6.20. The Bertz CT molecular complexity index is 278. The Morgan fingerprint density at radius 3 is 2.81 bits per heavy atom. The first kappa shape index (κ1) is 11.9. The Kier molecular flexibility index (Phi) is 4.67. The van der Waals surface area contributed by atoms with E-state index in [2.05, 4.69) is 10.4 Å². The monoisotopic (exact) mass is 241 g/mol. The number of aromatic nitrogens is 2. The minimum Gasteiger partial charge on any atom is -0.315 e. The van der Waals surface area contributed by atoms with Crippen LogP contribution < -0.4 is 5.32 Å². The van der Waals surface area contributed by atoms with Gasteiger partial charge >= 0.3 is 0 Å². The lowest BCUT2D eigenvalue weighted by atomic mass is 9.89. The predicted octanol–water partition coefficient (Wildman–Crippen LogP) is 2.27. The molecule has 90 valence electrons. The van der Waals surface area contributed by atoms with Crippen molar-refractivity contribution in [3.05, 3.63) is 18.5 Å². The molecular weight excluding hydrogens is 222 g/mol. The van der Waals surface area contributed by atoms with Gasteiger partial charge in [0, 0.05) is 24.3 Å². The molecule has 0 unspecified atom stereocenters. The SMILES string of the molecule is ClC1CCC(CNCCn2cccn2)CC1. The summed E-state index contributed by atoms with van der Waals surface area (Å²) in [4.78, 5) is 0. The highest BCUT2D eigenvalue weighted by Gasteiger charge is 2.18. The quantitative estimate of drug-likeness (QED) is 0.633. The lowest BCUT2D eigenvalue weighted by Crippen LogP contribution is -2.29. The van der Waals surface area contributed by atoms with Gasteiger partial charge in [0.05, 0.1) is 6.54 Å². The van der Waals surface area contributed by atoms with Crippen LogP contribution in [0.15, 0.2) is 18.5 Å². The van der Waals surface area contributed by atoms with Crippen LogP contribution in [0.5, 0.6) is 0 Å². The number of hydrogen-bond acceptors (Lipinski definition) is 2. The van der Waals surface area contributed by atoms with Crippen LogP contribution in [-0.2, 0) is 6.54 Å². The smallest absolute Gasteiger partial charge is 0.0533 e. The average molecular weight is 242 g/mol. The molecule has 1 aromatic rings. The van der Waals surface area contributed by atoms with Crippen molar-refractivity contribution in [2.75, 3.05) is 13.1 Å². The van der Waals surface area contributed by atoms with Gasteiger partial charge < -0.3 is 5.32 Å². The van der Waals surface area contributed by atoms with Crippen LogP contribution in [0.1, 0.15) is 25.7 Å². The van der Waals surface area contributed by atoms with Crippen LogP contribution in [0.4, 0.5) is 0 Å². The second-order valence-corrected chi connectivity index (χ2v) is 5.21. The summed E-state index contributed by atoms with van der Waals surface area (Å²) in [5, 5.41) is 8.10. The van der Waals surface area contributed by atoms with E-state index in [1.165, 1.54) is 25.7 Å². The molecule has 0 aliphatic heterocycles. The molecule has 1 N–H and O–H groups in total. The normalized spacial score (nSPS) is 25.8. The van der Waals surface area contributed by atoms with E-state index < -0.39 is 0 Å². The molecule has 4 heteroatoms. The highest BCUT2D eigenvalue weighted by atomic mass is 35.5. The molecular formula is C12H20ClN3. The van der Waals surface area contributed by atoms with E-state index in [1.807, 2.05) is 23.1 Å². The summed E-state index contributed by atoms with van der Waals surface area (Å²) < 4.78 is 1.96. The van der Waals surface area contributed by atoms with Crippen LogP contribution in [0.3, 0.4) is 0 Å². The summed E-state index contributed by atoms with van der Waals surface area (Å²) in [5.41, 5.74) is 0. The van der Waals surface area contributed by atoms with Crippen LogP contribution in [0, 0.1) is 5.92 Å². The lowest BCUT2D eigenvalue weighted by Gasteiger charge is -2.25. The third kappa shape index (κ3) is 3.80. The summed E-state index contributed by atoms with van der Waals surface area (Å²) in [6.07, 6.45) is 8.76. The van der Waals surface area contributed by atoms with Crippen molar-refractivity contribution in [1.29, 1.82) is 0 Å². The second-order valence-electron chi connectivity index (χ2n) is 4.59. The molecule has 1 aromatic heterocycles. The number of halogens is 1. The fraction of sp³-hybridized carbons (Fsp3) is 0.750. The maximum absolute atomic E-state index is 6.08. The van der Waals surface area contributed by atoms with Crippen molar-refractivity contribution in [3.63, 3.8) is 0 Å². The molecule has 0 spiro atoms. The van der Waals surface area contributed by atoms with Gasteiger partial charge in [-0.2, -0.15) is 5.10 Å². The summed E-state index contributed by atoms with van der Waals surface area (Å²) in [7, 11) is 0. The Balaban J connectivity index is 1.55. The molecule has 3 nitrogen and oxygen atoms in total. The van der Waals surface area contributed by atoms with Gasteiger partial charge in [0.1, 0.15) is 0 Å². The van der Waals surface area contributed by atoms with Crippen molar-refractivity contribution in [1.82, 2.24) is 15.1 Å². The Morgan fingerprint density at radius 2 is 2.12 bits per heavy atom. The van der Waals surface area contributed by atoms with Crippen molar-refractivity contribution in [3.8, 4) is 0 Å². The zero-order valence-corrected chi connectivity index (χ0v) is 10.4. The van der Waals surface area contributed by atoms with Gasteiger partial charge in [-0.25, -0.2) is 0 Å². The van der Waals surface area contributed by atoms with E-state index in [9.17, 15) is 0 Å². The zero-order valence-electron chi connectivity index (χ0n) is 9.61. The van der Waals surface area contributed by atoms with Gasteiger partial charge in [0.2, 0.25) is 0 Å². The third-order valence-electron chi connectivity index (χ3n) is 3.29. The zero-order chi connectivity index (χ0) is 11.2. The first-order valence-corrected chi connectivity index (χ1v) is 6.60. The van der Waals surface area contributed by atoms with Gasteiger partial charge in [-0.3, -0.25) is 4.68 Å². The van der Waals surface area contributed by atoms with Crippen molar-refractivity contribution in [2.24, 2.45) is 5.92 Å². The molecule has 16 heavy (non-hydrogen) atoms. The number of hydrogen-bond donors (Lipinski definition) is 1. The summed E-state index contributed by atoms with van der Waals surface area (Å²) >= 11 is 6.08. The molecule has 1 heterocycles. The molecule has 0 atom stereocenters. The molecule has 0 amide bonds. The third-order valence-corrected chi connectivity index (χ3v) is 3.72. The van der Waals surface area contributed by atoms with Crippen molar-refractivity contribution >= 4 is 11.6 Å². The molecule has 2 rings (SSSR count). The summed E-state index contributed by atoms with van der Waals surface area (Å²) in [5.74, 6) is 0.827. The van der Waals surface area contributed by atoms with Gasteiger partial charge in [0.25, 0.3) is 0 Å². The number of alkyl halides is 1. The topological polar surface area (TPSA) is 29.9 Å². The van der Waals surface area contributed by atoms with E-state index >= 15 is 0 Å². The Labute approximate surface area is 102 Å². The highest BCUT2D eigenvalue weighted by Crippen LogP contribution is 2.26. The number of rotatable bonds is 5. The Morgan fingerprint density at radius 1 is 1.31 bits per heavy atom. The minimum atomic E-state index is 0.431. The fourth-order valence-corrected chi connectivity index (χ4v) is 2.51. The summed E-state index contributed by atoms with van der Waals surface area (Å²) in [6.45, 7) is 3.09. The summed E-state index contributed by atoms with van der Waals surface area (Å²) in [6, 6.07) is 1.96. The average Bonchev–Trinajstić information content (AvgIpc) is 2.80. The van der Waals surface area contributed by atoms with E-state index in [1.54, 1.807) is 0 Å². The molecule has 1 aliphatic rings.